The summed E-state index contributed by atoms with van der Waals surface area (Å²) in [5.74, 6) is 0. The fourth-order valence-corrected chi connectivity index (χ4v) is 3.78. The quantitative estimate of drug-likeness (QED) is 0.793. The first-order valence-electron chi connectivity index (χ1n) is 7.36. The van der Waals surface area contributed by atoms with Gasteiger partial charge in [0.2, 0.25) is 0 Å². The van der Waals surface area contributed by atoms with Gasteiger partial charge in [-0.05, 0) is 65.1 Å². The van der Waals surface area contributed by atoms with Crippen LogP contribution in [0, 0.1) is 0 Å². The molecule has 1 aliphatic carbocycles. The van der Waals surface area contributed by atoms with Gasteiger partial charge in [0.25, 0.3) is 0 Å². The smallest absolute Gasteiger partial charge is 0.0697 e. The van der Waals surface area contributed by atoms with Crippen LogP contribution in [0.1, 0.15) is 44.9 Å². The van der Waals surface area contributed by atoms with Gasteiger partial charge in [-0.3, -0.25) is 0 Å². The summed E-state index contributed by atoms with van der Waals surface area (Å²) >= 11 is 0. The second kappa shape index (κ2) is 4.87. The fourth-order valence-electron chi connectivity index (χ4n) is 3.78. The molecule has 0 aromatic carbocycles. The second-order valence-electron chi connectivity index (χ2n) is 6.18. The zero-order valence-electron chi connectivity index (χ0n) is 11.1. The lowest BCUT2D eigenvalue weighted by molar-refractivity contribution is -0.150. The average molecular weight is 238 g/mol. The second-order valence-corrected chi connectivity index (χ2v) is 6.18. The largest absolute Gasteiger partial charge is 0.375 e. The zero-order valence-corrected chi connectivity index (χ0v) is 11.1. The number of rotatable bonds is 2. The number of nitrogens with one attached hydrogen (secondary N) is 1. The molecule has 3 heteroatoms. The molecule has 0 amide bonds. The molecule has 0 aromatic heterocycles. The lowest BCUT2D eigenvalue weighted by Gasteiger charge is -2.50. The minimum atomic E-state index is 0.296. The Labute approximate surface area is 105 Å². The highest BCUT2D eigenvalue weighted by atomic mass is 16.5. The van der Waals surface area contributed by atoms with Gasteiger partial charge in [0, 0.05) is 18.7 Å². The summed E-state index contributed by atoms with van der Waals surface area (Å²) in [5, 5.41) is 3.46. The summed E-state index contributed by atoms with van der Waals surface area (Å²) in [7, 11) is 2.35. The van der Waals surface area contributed by atoms with Crippen LogP contribution >= 0.6 is 0 Å². The number of piperidine rings is 1. The van der Waals surface area contributed by atoms with Crippen molar-refractivity contribution in [3.05, 3.63) is 0 Å². The van der Waals surface area contributed by atoms with Gasteiger partial charge in [-0.25, -0.2) is 0 Å². The number of hydrogen-bond acceptors (Lipinski definition) is 3. The van der Waals surface area contributed by atoms with Crippen molar-refractivity contribution < 1.29 is 4.74 Å². The Morgan fingerprint density at radius 2 is 1.88 bits per heavy atom. The Kier molecular flexibility index (Phi) is 3.42. The maximum absolute atomic E-state index is 6.03. The fraction of sp³-hybridized carbons (Fsp3) is 1.00. The molecule has 1 N–H and O–H groups in total. The van der Waals surface area contributed by atoms with Crippen LogP contribution in [-0.4, -0.2) is 49.3 Å². The van der Waals surface area contributed by atoms with E-state index in [1.807, 2.05) is 0 Å². The van der Waals surface area contributed by atoms with E-state index in [2.05, 4.69) is 17.3 Å². The molecule has 0 radical (unpaired) electrons. The molecule has 3 aliphatic rings. The molecule has 1 saturated carbocycles. The predicted octanol–water partition coefficient (Wildman–Crippen LogP) is 1.77. The number of nitrogens with zero attached hydrogens (tertiary/aromatic N) is 1. The van der Waals surface area contributed by atoms with Gasteiger partial charge >= 0.3 is 0 Å². The Morgan fingerprint density at radius 1 is 1.12 bits per heavy atom. The zero-order chi connectivity index (χ0) is 11.7. The lowest BCUT2D eigenvalue weighted by Crippen LogP contribution is -2.54. The molecule has 0 bridgehead atoms. The first-order valence-corrected chi connectivity index (χ1v) is 7.36. The summed E-state index contributed by atoms with van der Waals surface area (Å²) in [6.07, 6.45) is 9.16. The Balaban J connectivity index is 1.58. The van der Waals surface area contributed by atoms with Crippen molar-refractivity contribution >= 4 is 0 Å². The molecule has 3 rings (SSSR count). The average Bonchev–Trinajstić information content (AvgIpc) is 2.37. The topological polar surface area (TPSA) is 24.5 Å². The van der Waals surface area contributed by atoms with Crippen molar-refractivity contribution in [2.75, 3.05) is 26.7 Å². The molecule has 17 heavy (non-hydrogen) atoms. The summed E-state index contributed by atoms with van der Waals surface area (Å²) in [5.41, 5.74) is 0.296. The van der Waals surface area contributed by atoms with E-state index in [4.69, 9.17) is 4.74 Å². The molecule has 98 valence electrons. The van der Waals surface area contributed by atoms with E-state index in [0.717, 1.165) is 18.7 Å². The van der Waals surface area contributed by atoms with Gasteiger partial charge in [-0.1, -0.05) is 0 Å². The number of ether oxygens (including phenoxy) is 1. The van der Waals surface area contributed by atoms with Crippen molar-refractivity contribution in [3.8, 4) is 0 Å². The minimum absolute atomic E-state index is 0.296. The van der Waals surface area contributed by atoms with Gasteiger partial charge in [0.1, 0.15) is 0 Å². The molecule has 2 heterocycles. The molecular weight excluding hydrogens is 212 g/mol. The van der Waals surface area contributed by atoms with Crippen LogP contribution in [0.3, 0.4) is 0 Å². The molecular formula is C14H26N2O. The molecule has 2 aliphatic heterocycles. The van der Waals surface area contributed by atoms with E-state index >= 15 is 0 Å². The van der Waals surface area contributed by atoms with Gasteiger partial charge in [0.15, 0.2) is 0 Å². The highest BCUT2D eigenvalue weighted by Gasteiger charge is 2.44. The standard InChI is InChI=1S/C14H26N2O/c1-16(12-3-8-15-9-4-12)13-5-10-17-14(11-13)6-2-7-14/h12-13,15H,2-11H2,1H3. The minimum Gasteiger partial charge on any atom is -0.375 e. The first-order chi connectivity index (χ1) is 8.29. The molecule has 1 spiro atoms. The summed E-state index contributed by atoms with van der Waals surface area (Å²) < 4.78 is 6.03. The van der Waals surface area contributed by atoms with Crippen molar-refractivity contribution in [2.45, 2.75) is 62.6 Å². The third-order valence-electron chi connectivity index (χ3n) is 5.19. The van der Waals surface area contributed by atoms with Crippen LogP contribution in [0.25, 0.3) is 0 Å². The van der Waals surface area contributed by atoms with E-state index < -0.39 is 0 Å². The normalized spacial score (nSPS) is 33.9. The summed E-state index contributed by atoms with van der Waals surface area (Å²) in [6.45, 7) is 3.38. The van der Waals surface area contributed by atoms with Gasteiger partial charge in [-0.15, -0.1) is 0 Å². The summed E-state index contributed by atoms with van der Waals surface area (Å²) in [4.78, 5) is 2.67. The van der Waals surface area contributed by atoms with Crippen LogP contribution < -0.4 is 5.32 Å². The van der Waals surface area contributed by atoms with E-state index in [-0.39, 0.29) is 0 Å². The first kappa shape index (κ1) is 11.9. The van der Waals surface area contributed by atoms with Crippen LogP contribution in [0.5, 0.6) is 0 Å². The van der Waals surface area contributed by atoms with Crippen LogP contribution in [0.4, 0.5) is 0 Å². The molecule has 0 aromatic rings. The molecule has 1 unspecified atom stereocenters. The molecule has 1 atom stereocenters. The highest BCUT2D eigenvalue weighted by Crippen LogP contribution is 2.43. The van der Waals surface area contributed by atoms with Gasteiger partial charge < -0.3 is 15.0 Å². The lowest BCUT2D eigenvalue weighted by atomic mass is 9.73. The third-order valence-corrected chi connectivity index (χ3v) is 5.19. The summed E-state index contributed by atoms with van der Waals surface area (Å²) in [6, 6.07) is 1.57. The Morgan fingerprint density at radius 3 is 2.53 bits per heavy atom. The van der Waals surface area contributed by atoms with Crippen LogP contribution in [0.15, 0.2) is 0 Å². The Hall–Kier alpha value is -0.120. The van der Waals surface area contributed by atoms with Crippen molar-refractivity contribution in [3.63, 3.8) is 0 Å². The van der Waals surface area contributed by atoms with Gasteiger partial charge in [-0.2, -0.15) is 0 Å². The van der Waals surface area contributed by atoms with Crippen molar-refractivity contribution in [2.24, 2.45) is 0 Å². The van der Waals surface area contributed by atoms with E-state index in [1.54, 1.807) is 0 Å². The number of hydrogen-bond donors (Lipinski definition) is 1. The predicted molar refractivity (Wildman–Crippen MR) is 69.2 cm³/mol. The SMILES string of the molecule is CN(C1CCNCC1)C1CCOC2(CCC2)C1. The molecule has 3 fully saturated rings. The Bertz CT molecular complexity index is 259. The van der Waals surface area contributed by atoms with Crippen LogP contribution in [0.2, 0.25) is 0 Å². The van der Waals surface area contributed by atoms with E-state index in [9.17, 15) is 0 Å². The monoisotopic (exact) mass is 238 g/mol. The van der Waals surface area contributed by atoms with E-state index in [0.29, 0.717) is 5.60 Å². The maximum atomic E-state index is 6.03. The van der Waals surface area contributed by atoms with Crippen molar-refractivity contribution in [1.82, 2.24) is 10.2 Å². The van der Waals surface area contributed by atoms with Gasteiger partial charge in [0.05, 0.1) is 5.60 Å². The molecule has 2 saturated heterocycles. The highest BCUT2D eigenvalue weighted by molar-refractivity contribution is 4.97. The van der Waals surface area contributed by atoms with Crippen molar-refractivity contribution in [1.29, 1.82) is 0 Å². The third kappa shape index (κ3) is 2.38. The van der Waals surface area contributed by atoms with E-state index in [1.165, 1.54) is 58.0 Å². The maximum Gasteiger partial charge on any atom is 0.0697 e. The van der Waals surface area contributed by atoms with Crippen LogP contribution in [-0.2, 0) is 4.74 Å². The molecule has 3 nitrogen and oxygen atoms in total.